The topological polar surface area (TPSA) is 49.2 Å². The minimum Gasteiger partial charge on any atom is -0.473 e. The SMILES string of the molecule is Cc1nc2cc(Br)ccc2n1-c1ccc(OCc2ccccc2)nc1OCc1ccccc1. The summed E-state index contributed by atoms with van der Waals surface area (Å²) in [5.74, 6) is 1.86. The van der Waals surface area contributed by atoms with Gasteiger partial charge < -0.3 is 9.47 Å². The maximum atomic E-state index is 6.22. The first-order chi connectivity index (χ1) is 16.2. The van der Waals surface area contributed by atoms with Crippen LogP contribution in [-0.4, -0.2) is 14.5 Å². The first-order valence-corrected chi connectivity index (χ1v) is 11.5. The molecule has 164 valence electrons. The molecule has 0 bridgehead atoms. The highest BCUT2D eigenvalue weighted by molar-refractivity contribution is 9.10. The third kappa shape index (κ3) is 4.76. The summed E-state index contributed by atoms with van der Waals surface area (Å²) in [5.41, 5.74) is 4.86. The summed E-state index contributed by atoms with van der Waals surface area (Å²) < 4.78 is 15.2. The van der Waals surface area contributed by atoms with Gasteiger partial charge in [-0.05, 0) is 42.3 Å². The first-order valence-electron chi connectivity index (χ1n) is 10.7. The van der Waals surface area contributed by atoms with Gasteiger partial charge in [0.15, 0.2) is 0 Å². The normalized spacial score (nSPS) is 11.0. The molecule has 0 N–H and O–H groups in total. The van der Waals surface area contributed by atoms with Crippen molar-refractivity contribution >= 4 is 27.0 Å². The van der Waals surface area contributed by atoms with Gasteiger partial charge in [0.1, 0.15) is 24.7 Å². The molecule has 0 fully saturated rings. The molecule has 33 heavy (non-hydrogen) atoms. The van der Waals surface area contributed by atoms with E-state index in [2.05, 4.69) is 20.5 Å². The number of imidazole rings is 1. The monoisotopic (exact) mass is 499 g/mol. The lowest BCUT2D eigenvalue weighted by molar-refractivity contribution is 0.267. The minimum atomic E-state index is 0.403. The van der Waals surface area contributed by atoms with Gasteiger partial charge in [0.2, 0.25) is 11.8 Å². The Bertz CT molecular complexity index is 1390. The van der Waals surface area contributed by atoms with Crippen LogP contribution in [0.2, 0.25) is 0 Å². The van der Waals surface area contributed by atoms with Crippen molar-refractivity contribution in [3.63, 3.8) is 0 Å². The number of hydrogen-bond acceptors (Lipinski definition) is 4. The van der Waals surface area contributed by atoms with E-state index in [0.717, 1.165) is 38.1 Å². The average molecular weight is 500 g/mol. The van der Waals surface area contributed by atoms with Gasteiger partial charge in [-0.15, -0.1) is 0 Å². The van der Waals surface area contributed by atoms with Gasteiger partial charge in [-0.3, -0.25) is 4.57 Å². The summed E-state index contributed by atoms with van der Waals surface area (Å²) in [6, 6.07) is 30.0. The molecule has 0 aliphatic carbocycles. The number of aryl methyl sites for hydroxylation is 1. The number of halogens is 1. The Morgan fingerprint density at radius 2 is 1.42 bits per heavy atom. The number of ether oxygens (including phenoxy) is 2. The molecule has 0 amide bonds. The van der Waals surface area contributed by atoms with Crippen molar-refractivity contribution in [1.82, 2.24) is 14.5 Å². The van der Waals surface area contributed by atoms with E-state index < -0.39 is 0 Å². The fraction of sp³-hybridized carbons (Fsp3) is 0.111. The molecule has 0 aliphatic heterocycles. The Balaban J connectivity index is 1.51. The van der Waals surface area contributed by atoms with Gasteiger partial charge in [-0.1, -0.05) is 76.6 Å². The summed E-state index contributed by atoms with van der Waals surface area (Å²) in [6.07, 6.45) is 0. The lowest BCUT2D eigenvalue weighted by atomic mass is 10.2. The summed E-state index contributed by atoms with van der Waals surface area (Å²) in [7, 11) is 0. The lowest BCUT2D eigenvalue weighted by Crippen LogP contribution is -2.06. The molecule has 5 nitrogen and oxygen atoms in total. The Labute approximate surface area is 200 Å². The number of pyridine rings is 1. The van der Waals surface area contributed by atoms with Crippen molar-refractivity contribution in [3.8, 4) is 17.4 Å². The van der Waals surface area contributed by atoms with Gasteiger partial charge in [0.05, 0.1) is 11.0 Å². The highest BCUT2D eigenvalue weighted by Crippen LogP contribution is 2.31. The van der Waals surface area contributed by atoms with E-state index in [9.17, 15) is 0 Å². The summed E-state index contributed by atoms with van der Waals surface area (Å²) >= 11 is 3.53. The number of nitrogens with zero attached hydrogens (tertiary/aromatic N) is 3. The molecule has 0 saturated carbocycles. The van der Waals surface area contributed by atoms with Crippen molar-refractivity contribution in [1.29, 1.82) is 0 Å². The maximum Gasteiger partial charge on any atom is 0.242 e. The van der Waals surface area contributed by atoms with Crippen molar-refractivity contribution in [2.45, 2.75) is 20.1 Å². The molecule has 0 radical (unpaired) electrons. The molecular formula is C27H22BrN3O2. The molecule has 5 rings (SSSR count). The largest absolute Gasteiger partial charge is 0.473 e. The van der Waals surface area contributed by atoms with Crippen LogP contribution < -0.4 is 9.47 Å². The summed E-state index contributed by atoms with van der Waals surface area (Å²) in [5, 5.41) is 0. The average Bonchev–Trinajstić information content (AvgIpc) is 3.17. The predicted molar refractivity (Wildman–Crippen MR) is 133 cm³/mol. The van der Waals surface area contributed by atoms with Crippen molar-refractivity contribution < 1.29 is 9.47 Å². The predicted octanol–water partition coefficient (Wildman–Crippen LogP) is 6.65. The number of hydrogen-bond donors (Lipinski definition) is 0. The fourth-order valence-electron chi connectivity index (χ4n) is 3.71. The van der Waals surface area contributed by atoms with E-state index in [1.807, 2.05) is 97.9 Å². The van der Waals surface area contributed by atoms with Crippen LogP contribution in [0.4, 0.5) is 0 Å². The summed E-state index contributed by atoms with van der Waals surface area (Å²) in [6.45, 7) is 2.82. The smallest absolute Gasteiger partial charge is 0.242 e. The molecule has 3 aromatic carbocycles. The molecule has 6 heteroatoms. The third-order valence-corrected chi connectivity index (χ3v) is 5.78. The van der Waals surface area contributed by atoms with Crippen LogP contribution in [0.25, 0.3) is 16.7 Å². The molecule has 5 aromatic rings. The zero-order valence-corrected chi connectivity index (χ0v) is 19.7. The van der Waals surface area contributed by atoms with E-state index in [1.165, 1.54) is 0 Å². The molecular weight excluding hydrogens is 478 g/mol. The number of fused-ring (bicyclic) bond motifs is 1. The Kier molecular flexibility index (Phi) is 6.09. The van der Waals surface area contributed by atoms with Crippen LogP contribution >= 0.6 is 15.9 Å². The fourth-order valence-corrected chi connectivity index (χ4v) is 4.06. The van der Waals surface area contributed by atoms with E-state index in [0.29, 0.717) is 25.0 Å². The van der Waals surface area contributed by atoms with Gasteiger partial charge in [0.25, 0.3) is 0 Å². The zero-order valence-electron chi connectivity index (χ0n) is 18.1. The standard InChI is InChI=1S/C27H22BrN3O2/c1-19-29-23-16-22(28)12-13-24(23)31(19)25-14-15-26(32-17-20-8-4-2-5-9-20)30-27(25)33-18-21-10-6-3-7-11-21/h2-16H,17-18H2,1H3. The maximum absolute atomic E-state index is 6.22. The van der Waals surface area contributed by atoms with Gasteiger partial charge in [0, 0.05) is 10.5 Å². The lowest BCUT2D eigenvalue weighted by Gasteiger charge is -2.15. The molecule has 0 atom stereocenters. The van der Waals surface area contributed by atoms with Crippen LogP contribution in [0.1, 0.15) is 17.0 Å². The zero-order chi connectivity index (χ0) is 22.6. The molecule has 0 spiro atoms. The quantitative estimate of drug-likeness (QED) is 0.251. The molecule has 2 heterocycles. The van der Waals surface area contributed by atoms with E-state index in [1.54, 1.807) is 0 Å². The van der Waals surface area contributed by atoms with Crippen molar-refractivity contribution in [2.24, 2.45) is 0 Å². The second-order valence-corrected chi connectivity index (χ2v) is 8.57. The highest BCUT2D eigenvalue weighted by atomic mass is 79.9. The van der Waals surface area contributed by atoms with Gasteiger partial charge in [-0.2, -0.15) is 4.98 Å². The van der Waals surface area contributed by atoms with Crippen LogP contribution in [-0.2, 0) is 13.2 Å². The van der Waals surface area contributed by atoms with Crippen LogP contribution in [0.15, 0.2) is 95.5 Å². The highest BCUT2D eigenvalue weighted by Gasteiger charge is 2.16. The molecule has 0 unspecified atom stereocenters. The Morgan fingerprint density at radius 1 is 0.758 bits per heavy atom. The molecule has 2 aromatic heterocycles. The van der Waals surface area contributed by atoms with Gasteiger partial charge >= 0.3 is 0 Å². The van der Waals surface area contributed by atoms with Crippen molar-refractivity contribution in [2.75, 3.05) is 0 Å². The van der Waals surface area contributed by atoms with E-state index in [-0.39, 0.29) is 0 Å². The second-order valence-electron chi connectivity index (χ2n) is 7.65. The Morgan fingerprint density at radius 3 is 2.12 bits per heavy atom. The molecule has 0 saturated heterocycles. The summed E-state index contributed by atoms with van der Waals surface area (Å²) in [4.78, 5) is 9.45. The second kappa shape index (κ2) is 9.46. The third-order valence-electron chi connectivity index (χ3n) is 5.29. The van der Waals surface area contributed by atoms with E-state index in [4.69, 9.17) is 19.4 Å². The van der Waals surface area contributed by atoms with Crippen LogP contribution in [0, 0.1) is 6.92 Å². The number of aromatic nitrogens is 3. The van der Waals surface area contributed by atoms with Crippen LogP contribution in [0.3, 0.4) is 0 Å². The van der Waals surface area contributed by atoms with Crippen LogP contribution in [0.5, 0.6) is 11.8 Å². The first kappa shape index (κ1) is 21.2. The number of benzene rings is 3. The molecule has 0 aliphatic rings. The van der Waals surface area contributed by atoms with E-state index >= 15 is 0 Å². The van der Waals surface area contributed by atoms with Crippen molar-refractivity contribution in [3.05, 3.63) is 112 Å². The number of rotatable bonds is 7. The minimum absolute atomic E-state index is 0.403. The van der Waals surface area contributed by atoms with Gasteiger partial charge in [-0.25, -0.2) is 4.98 Å². The Hall–Kier alpha value is -3.64.